The number of hydrogen-bond donors (Lipinski definition) is 1. The summed E-state index contributed by atoms with van der Waals surface area (Å²) in [6.07, 6.45) is 0.975. The van der Waals surface area contributed by atoms with Crippen LogP contribution in [0.15, 0.2) is 24.3 Å². The number of benzene rings is 1. The van der Waals surface area contributed by atoms with Gasteiger partial charge in [-0.25, -0.2) is 4.39 Å². The lowest BCUT2D eigenvalue weighted by Crippen LogP contribution is -2.27. The maximum absolute atomic E-state index is 14.0. The van der Waals surface area contributed by atoms with Crippen LogP contribution in [0.4, 0.5) is 4.39 Å². The van der Waals surface area contributed by atoms with Gasteiger partial charge in [-0.1, -0.05) is 32.0 Å². The Morgan fingerprint density at radius 1 is 1.24 bits per heavy atom. The molecule has 114 valence electrons. The Bertz CT molecular complexity index is 604. The van der Waals surface area contributed by atoms with Gasteiger partial charge in [0.25, 0.3) is 0 Å². The molecule has 0 saturated carbocycles. The van der Waals surface area contributed by atoms with Crippen molar-refractivity contribution in [2.75, 3.05) is 6.54 Å². The monoisotopic (exact) mass is 289 g/mol. The molecule has 0 aliphatic carbocycles. The number of hydrogen-bond acceptors (Lipinski definition) is 2. The summed E-state index contributed by atoms with van der Waals surface area (Å²) >= 11 is 0. The van der Waals surface area contributed by atoms with E-state index in [0.29, 0.717) is 12.1 Å². The average Bonchev–Trinajstić information content (AvgIpc) is 2.73. The van der Waals surface area contributed by atoms with Crippen molar-refractivity contribution in [3.05, 3.63) is 52.6 Å². The molecule has 0 bridgehead atoms. The minimum atomic E-state index is -0.166. The van der Waals surface area contributed by atoms with E-state index in [0.717, 1.165) is 18.7 Å². The molecule has 1 aromatic heterocycles. The molecule has 0 aliphatic rings. The highest BCUT2D eigenvalue weighted by Gasteiger charge is 2.18. The van der Waals surface area contributed by atoms with Gasteiger partial charge in [0.15, 0.2) is 0 Å². The van der Waals surface area contributed by atoms with Gasteiger partial charge in [-0.05, 0) is 38.4 Å². The molecule has 1 N–H and O–H groups in total. The molecule has 2 rings (SSSR count). The fourth-order valence-electron chi connectivity index (χ4n) is 2.87. The molecule has 0 fully saturated rings. The molecule has 1 atom stereocenters. The molecule has 1 heterocycles. The lowest BCUT2D eigenvalue weighted by molar-refractivity contribution is 0.425. The highest BCUT2D eigenvalue weighted by molar-refractivity contribution is 5.25. The molecule has 0 saturated heterocycles. The lowest BCUT2D eigenvalue weighted by atomic mass is 10.1. The fourth-order valence-corrected chi connectivity index (χ4v) is 2.87. The summed E-state index contributed by atoms with van der Waals surface area (Å²) in [4.78, 5) is 0. The third-order valence-corrected chi connectivity index (χ3v) is 3.97. The molecule has 0 radical (unpaired) electrons. The van der Waals surface area contributed by atoms with E-state index >= 15 is 0 Å². The van der Waals surface area contributed by atoms with E-state index in [1.54, 1.807) is 6.07 Å². The second-order valence-electron chi connectivity index (χ2n) is 5.32. The van der Waals surface area contributed by atoms with Crippen molar-refractivity contribution in [3.8, 4) is 0 Å². The number of rotatable bonds is 6. The third kappa shape index (κ3) is 3.32. The minimum absolute atomic E-state index is 0.0705. The van der Waals surface area contributed by atoms with Crippen molar-refractivity contribution < 1.29 is 4.39 Å². The zero-order chi connectivity index (χ0) is 15.4. The molecular formula is C17H24FN3. The molecule has 1 unspecified atom stereocenters. The SMILES string of the molecule is CCNC(Cn1nc(C)c(CC)c1C)c1ccccc1F. The molecule has 4 heteroatoms. The Morgan fingerprint density at radius 3 is 2.52 bits per heavy atom. The maximum atomic E-state index is 14.0. The van der Waals surface area contributed by atoms with Crippen LogP contribution in [0.2, 0.25) is 0 Å². The van der Waals surface area contributed by atoms with Crippen molar-refractivity contribution in [2.24, 2.45) is 0 Å². The summed E-state index contributed by atoms with van der Waals surface area (Å²) in [5.41, 5.74) is 4.23. The molecule has 2 aromatic rings. The van der Waals surface area contributed by atoms with Crippen molar-refractivity contribution in [1.82, 2.24) is 15.1 Å². The molecule has 1 aromatic carbocycles. The van der Waals surface area contributed by atoms with Crippen LogP contribution in [0.3, 0.4) is 0 Å². The van der Waals surface area contributed by atoms with Gasteiger partial charge in [-0.2, -0.15) is 5.10 Å². The van der Waals surface area contributed by atoms with E-state index < -0.39 is 0 Å². The molecule has 0 amide bonds. The predicted octanol–water partition coefficient (Wildman–Crippen LogP) is 3.55. The van der Waals surface area contributed by atoms with Crippen molar-refractivity contribution in [1.29, 1.82) is 0 Å². The zero-order valence-electron chi connectivity index (χ0n) is 13.3. The third-order valence-electron chi connectivity index (χ3n) is 3.97. The lowest BCUT2D eigenvalue weighted by Gasteiger charge is -2.20. The number of nitrogens with one attached hydrogen (secondary N) is 1. The number of aromatic nitrogens is 2. The summed E-state index contributed by atoms with van der Waals surface area (Å²) in [5.74, 6) is -0.166. The minimum Gasteiger partial charge on any atom is -0.309 e. The van der Waals surface area contributed by atoms with Crippen LogP contribution >= 0.6 is 0 Å². The molecular weight excluding hydrogens is 265 g/mol. The summed E-state index contributed by atoms with van der Waals surface area (Å²) in [6, 6.07) is 6.88. The molecule has 21 heavy (non-hydrogen) atoms. The van der Waals surface area contributed by atoms with Gasteiger partial charge in [0.1, 0.15) is 5.82 Å². The summed E-state index contributed by atoms with van der Waals surface area (Å²) in [5, 5.41) is 7.97. The van der Waals surface area contributed by atoms with Crippen molar-refractivity contribution >= 4 is 0 Å². The average molecular weight is 289 g/mol. The van der Waals surface area contributed by atoms with Gasteiger partial charge in [-0.3, -0.25) is 4.68 Å². The van der Waals surface area contributed by atoms with E-state index in [1.165, 1.54) is 17.3 Å². The normalized spacial score (nSPS) is 12.6. The van der Waals surface area contributed by atoms with E-state index in [1.807, 2.05) is 30.7 Å². The molecule has 0 spiro atoms. The van der Waals surface area contributed by atoms with Crippen LogP contribution in [0.25, 0.3) is 0 Å². The summed E-state index contributed by atoms with van der Waals surface area (Å²) in [7, 11) is 0. The highest BCUT2D eigenvalue weighted by atomic mass is 19.1. The van der Waals surface area contributed by atoms with Gasteiger partial charge in [0.2, 0.25) is 0 Å². The van der Waals surface area contributed by atoms with E-state index in [2.05, 4.69) is 24.3 Å². The first kappa shape index (κ1) is 15.7. The second-order valence-corrected chi connectivity index (χ2v) is 5.32. The van der Waals surface area contributed by atoms with Gasteiger partial charge < -0.3 is 5.32 Å². The Labute approximate surface area is 126 Å². The zero-order valence-corrected chi connectivity index (χ0v) is 13.3. The van der Waals surface area contributed by atoms with Gasteiger partial charge >= 0.3 is 0 Å². The van der Waals surface area contributed by atoms with Crippen LogP contribution in [0.1, 0.15) is 42.4 Å². The van der Waals surface area contributed by atoms with Gasteiger partial charge in [0.05, 0.1) is 18.3 Å². The largest absolute Gasteiger partial charge is 0.309 e. The fraction of sp³-hybridized carbons (Fsp3) is 0.471. The van der Waals surface area contributed by atoms with Crippen LogP contribution in [-0.4, -0.2) is 16.3 Å². The molecule has 3 nitrogen and oxygen atoms in total. The van der Waals surface area contributed by atoms with E-state index in [9.17, 15) is 4.39 Å². The number of aryl methyl sites for hydroxylation is 1. The highest BCUT2D eigenvalue weighted by Crippen LogP contribution is 2.21. The Kier molecular flexibility index (Phi) is 5.12. The predicted molar refractivity (Wildman–Crippen MR) is 83.9 cm³/mol. The number of likely N-dealkylation sites (N-methyl/N-ethyl adjacent to an activating group) is 1. The van der Waals surface area contributed by atoms with Crippen molar-refractivity contribution in [3.63, 3.8) is 0 Å². The number of halogens is 1. The van der Waals surface area contributed by atoms with Crippen LogP contribution in [-0.2, 0) is 13.0 Å². The van der Waals surface area contributed by atoms with Gasteiger partial charge in [0, 0.05) is 11.3 Å². The van der Waals surface area contributed by atoms with Gasteiger partial charge in [-0.15, -0.1) is 0 Å². The van der Waals surface area contributed by atoms with E-state index in [-0.39, 0.29) is 11.9 Å². The van der Waals surface area contributed by atoms with Crippen LogP contribution < -0.4 is 5.32 Å². The Balaban J connectivity index is 2.31. The summed E-state index contributed by atoms with van der Waals surface area (Å²) < 4.78 is 16.0. The standard InChI is InChI=1S/C17H24FN3/c1-5-14-12(3)20-21(13(14)4)11-17(19-6-2)15-9-7-8-10-16(15)18/h7-10,17,19H,5-6,11H2,1-4H3. The van der Waals surface area contributed by atoms with E-state index in [4.69, 9.17) is 0 Å². The topological polar surface area (TPSA) is 29.9 Å². The first-order valence-corrected chi connectivity index (χ1v) is 7.59. The second kappa shape index (κ2) is 6.85. The maximum Gasteiger partial charge on any atom is 0.128 e. The van der Waals surface area contributed by atoms with Crippen molar-refractivity contribution in [2.45, 2.75) is 46.7 Å². The first-order chi connectivity index (χ1) is 10.1. The number of nitrogens with zero attached hydrogens (tertiary/aromatic N) is 2. The summed E-state index contributed by atoms with van der Waals surface area (Å²) in [6.45, 7) is 9.73. The first-order valence-electron chi connectivity index (χ1n) is 7.59. The molecule has 0 aliphatic heterocycles. The van der Waals surface area contributed by atoms with Crippen LogP contribution in [0, 0.1) is 19.7 Å². The smallest absolute Gasteiger partial charge is 0.128 e. The quantitative estimate of drug-likeness (QED) is 0.881. The van der Waals surface area contributed by atoms with Crippen LogP contribution in [0.5, 0.6) is 0 Å². The Hall–Kier alpha value is -1.68. The Morgan fingerprint density at radius 2 is 1.95 bits per heavy atom.